The molecule has 0 saturated carbocycles. The third kappa shape index (κ3) is 2.81. The standard InChI is InChI=1S/C16H12F3N3/c17-16(18,19)13-6-2-4-8-15(13)22-21-10-11-9-20-14-7-3-1-5-12(11)14/h1-10,20,22H. The van der Waals surface area contributed by atoms with Gasteiger partial charge in [0.05, 0.1) is 17.5 Å². The molecule has 1 aromatic heterocycles. The summed E-state index contributed by atoms with van der Waals surface area (Å²) in [7, 11) is 0. The number of para-hydroxylation sites is 2. The Bertz CT molecular complexity index is 819. The number of alkyl halides is 3. The minimum absolute atomic E-state index is 0.0777. The maximum Gasteiger partial charge on any atom is 0.418 e. The van der Waals surface area contributed by atoms with E-state index in [2.05, 4.69) is 15.5 Å². The van der Waals surface area contributed by atoms with E-state index < -0.39 is 11.7 Å². The van der Waals surface area contributed by atoms with E-state index in [0.29, 0.717) is 0 Å². The molecule has 3 rings (SSSR count). The lowest BCUT2D eigenvalue weighted by molar-refractivity contribution is -0.136. The van der Waals surface area contributed by atoms with Crippen LogP contribution in [0.1, 0.15) is 11.1 Å². The lowest BCUT2D eigenvalue weighted by Crippen LogP contribution is -2.08. The topological polar surface area (TPSA) is 40.2 Å². The second-order valence-corrected chi connectivity index (χ2v) is 4.70. The highest BCUT2D eigenvalue weighted by molar-refractivity contribution is 5.99. The molecule has 22 heavy (non-hydrogen) atoms. The number of hydrazone groups is 1. The van der Waals surface area contributed by atoms with Gasteiger partial charge >= 0.3 is 6.18 Å². The van der Waals surface area contributed by atoms with Gasteiger partial charge < -0.3 is 4.98 Å². The van der Waals surface area contributed by atoms with E-state index in [1.165, 1.54) is 24.4 Å². The van der Waals surface area contributed by atoms with Gasteiger partial charge in [-0.25, -0.2) is 0 Å². The average molecular weight is 303 g/mol. The van der Waals surface area contributed by atoms with Gasteiger partial charge in [-0.1, -0.05) is 30.3 Å². The van der Waals surface area contributed by atoms with E-state index in [4.69, 9.17) is 0 Å². The van der Waals surface area contributed by atoms with Crippen LogP contribution < -0.4 is 5.43 Å². The molecule has 0 bridgehead atoms. The second kappa shape index (κ2) is 5.55. The Balaban J connectivity index is 1.84. The van der Waals surface area contributed by atoms with Crippen LogP contribution in [-0.2, 0) is 6.18 Å². The number of hydrogen-bond acceptors (Lipinski definition) is 2. The third-order valence-corrected chi connectivity index (χ3v) is 3.24. The van der Waals surface area contributed by atoms with E-state index in [0.717, 1.165) is 22.5 Å². The van der Waals surface area contributed by atoms with E-state index >= 15 is 0 Å². The molecule has 0 saturated heterocycles. The Kier molecular flexibility index (Phi) is 3.58. The van der Waals surface area contributed by atoms with Crippen LogP contribution in [0, 0.1) is 0 Å². The number of aromatic nitrogens is 1. The van der Waals surface area contributed by atoms with Gasteiger partial charge in [-0.2, -0.15) is 18.3 Å². The third-order valence-electron chi connectivity index (χ3n) is 3.24. The number of halogens is 3. The number of aromatic amines is 1. The van der Waals surface area contributed by atoms with Crippen molar-refractivity contribution in [2.24, 2.45) is 5.10 Å². The number of hydrogen-bond donors (Lipinski definition) is 2. The zero-order valence-electron chi connectivity index (χ0n) is 11.4. The molecule has 3 aromatic rings. The Hall–Kier alpha value is -2.76. The summed E-state index contributed by atoms with van der Waals surface area (Å²) in [6, 6.07) is 12.8. The molecule has 0 aliphatic carbocycles. The predicted octanol–water partition coefficient (Wildman–Crippen LogP) is 4.63. The number of nitrogens with zero attached hydrogens (tertiary/aromatic N) is 1. The molecule has 0 amide bonds. The molecule has 0 aliphatic heterocycles. The van der Waals surface area contributed by atoms with Crippen LogP contribution in [0.2, 0.25) is 0 Å². The van der Waals surface area contributed by atoms with Gasteiger partial charge in [0.1, 0.15) is 0 Å². The average Bonchev–Trinajstić information content (AvgIpc) is 2.90. The van der Waals surface area contributed by atoms with Crippen LogP contribution in [0.4, 0.5) is 18.9 Å². The molecule has 1 heterocycles. The lowest BCUT2D eigenvalue weighted by atomic mass is 10.2. The molecule has 0 fully saturated rings. The number of H-pyrrole nitrogens is 1. The Morgan fingerprint density at radius 2 is 1.73 bits per heavy atom. The zero-order valence-corrected chi connectivity index (χ0v) is 11.4. The van der Waals surface area contributed by atoms with Gasteiger partial charge in [-0.3, -0.25) is 5.43 Å². The molecule has 0 unspecified atom stereocenters. The number of fused-ring (bicyclic) bond motifs is 1. The van der Waals surface area contributed by atoms with Crippen LogP contribution in [0.15, 0.2) is 59.8 Å². The SMILES string of the molecule is FC(F)(F)c1ccccc1NN=Cc1c[nH]c2ccccc12. The largest absolute Gasteiger partial charge is 0.418 e. The fourth-order valence-electron chi connectivity index (χ4n) is 2.20. The number of nitrogens with one attached hydrogen (secondary N) is 2. The van der Waals surface area contributed by atoms with Crippen molar-refractivity contribution >= 4 is 22.8 Å². The normalized spacial score (nSPS) is 12.1. The molecule has 0 atom stereocenters. The number of anilines is 1. The van der Waals surface area contributed by atoms with Crippen molar-refractivity contribution in [3.63, 3.8) is 0 Å². The summed E-state index contributed by atoms with van der Waals surface area (Å²) in [6.45, 7) is 0. The molecule has 0 spiro atoms. The van der Waals surface area contributed by atoms with E-state index in [-0.39, 0.29) is 5.69 Å². The lowest BCUT2D eigenvalue weighted by Gasteiger charge is -2.11. The van der Waals surface area contributed by atoms with Gasteiger partial charge in [0.15, 0.2) is 0 Å². The van der Waals surface area contributed by atoms with Crippen molar-refractivity contribution < 1.29 is 13.2 Å². The van der Waals surface area contributed by atoms with Gasteiger partial charge in [-0.15, -0.1) is 0 Å². The Morgan fingerprint density at radius 1 is 1.00 bits per heavy atom. The van der Waals surface area contributed by atoms with E-state index in [1.54, 1.807) is 6.20 Å². The van der Waals surface area contributed by atoms with Crippen LogP contribution in [0.25, 0.3) is 10.9 Å². The monoisotopic (exact) mass is 303 g/mol. The van der Waals surface area contributed by atoms with Crippen molar-refractivity contribution in [3.05, 3.63) is 65.9 Å². The molecule has 2 aromatic carbocycles. The highest BCUT2D eigenvalue weighted by atomic mass is 19.4. The predicted molar refractivity (Wildman–Crippen MR) is 81.0 cm³/mol. The first-order valence-electron chi connectivity index (χ1n) is 6.57. The van der Waals surface area contributed by atoms with Crippen LogP contribution in [0.3, 0.4) is 0 Å². The van der Waals surface area contributed by atoms with Gasteiger partial charge in [-0.05, 0) is 18.2 Å². The summed E-state index contributed by atoms with van der Waals surface area (Å²) < 4.78 is 38.6. The summed E-state index contributed by atoms with van der Waals surface area (Å²) in [5.74, 6) is 0. The Labute approximate surface area is 124 Å². The first-order chi connectivity index (χ1) is 10.6. The highest BCUT2D eigenvalue weighted by Gasteiger charge is 2.33. The Morgan fingerprint density at radius 3 is 2.55 bits per heavy atom. The van der Waals surface area contributed by atoms with Crippen LogP contribution >= 0.6 is 0 Å². The smallest absolute Gasteiger partial charge is 0.361 e. The second-order valence-electron chi connectivity index (χ2n) is 4.70. The summed E-state index contributed by atoms with van der Waals surface area (Å²) in [6.07, 6.45) is -1.17. The first-order valence-corrected chi connectivity index (χ1v) is 6.57. The molecule has 3 nitrogen and oxygen atoms in total. The van der Waals surface area contributed by atoms with Crippen molar-refractivity contribution in [2.75, 3.05) is 5.43 Å². The van der Waals surface area contributed by atoms with Crippen LogP contribution in [-0.4, -0.2) is 11.2 Å². The molecule has 6 heteroatoms. The minimum atomic E-state index is -4.42. The van der Waals surface area contributed by atoms with Crippen molar-refractivity contribution in [1.82, 2.24) is 4.98 Å². The quantitative estimate of drug-likeness (QED) is 0.537. The minimum Gasteiger partial charge on any atom is -0.361 e. The van der Waals surface area contributed by atoms with Gasteiger partial charge in [0, 0.05) is 22.7 Å². The summed E-state index contributed by atoms with van der Waals surface area (Å²) in [5.41, 5.74) is 3.38. The molecular formula is C16H12F3N3. The van der Waals surface area contributed by atoms with Crippen LogP contribution in [0.5, 0.6) is 0 Å². The number of benzene rings is 2. The molecule has 0 radical (unpaired) electrons. The van der Waals surface area contributed by atoms with Crippen molar-refractivity contribution in [3.8, 4) is 0 Å². The summed E-state index contributed by atoms with van der Waals surface area (Å²) in [4.78, 5) is 3.07. The maximum atomic E-state index is 12.9. The van der Waals surface area contributed by atoms with Crippen molar-refractivity contribution in [1.29, 1.82) is 0 Å². The molecular weight excluding hydrogens is 291 g/mol. The fraction of sp³-hybridized carbons (Fsp3) is 0.0625. The fourth-order valence-corrected chi connectivity index (χ4v) is 2.20. The highest BCUT2D eigenvalue weighted by Crippen LogP contribution is 2.34. The maximum absolute atomic E-state index is 12.9. The van der Waals surface area contributed by atoms with E-state index in [9.17, 15) is 13.2 Å². The summed E-state index contributed by atoms with van der Waals surface area (Å²) in [5, 5.41) is 4.87. The van der Waals surface area contributed by atoms with E-state index in [1.807, 2.05) is 24.3 Å². The molecule has 112 valence electrons. The number of rotatable bonds is 3. The van der Waals surface area contributed by atoms with Gasteiger partial charge in [0.25, 0.3) is 0 Å². The summed E-state index contributed by atoms with van der Waals surface area (Å²) >= 11 is 0. The zero-order chi connectivity index (χ0) is 15.6. The van der Waals surface area contributed by atoms with Crippen molar-refractivity contribution in [2.45, 2.75) is 6.18 Å². The molecule has 2 N–H and O–H groups in total. The molecule has 0 aliphatic rings. The van der Waals surface area contributed by atoms with Gasteiger partial charge in [0.2, 0.25) is 0 Å². The first kappa shape index (κ1) is 14.2.